The van der Waals surface area contributed by atoms with Crippen molar-refractivity contribution in [1.82, 2.24) is 20.3 Å². The lowest BCUT2D eigenvalue weighted by Crippen LogP contribution is -2.01. The highest BCUT2D eigenvalue weighted by atomic mass is 32.1. The van der Waals surface area contributed by atoms with Gasteiger partial charge in [0.05, 0.1) is 6.21 Å². The van der Waals surface area contributed by atoms with Gasteiger partial charge in [-0.25, -0.2) is 0 Å². The van der Waals surface area contributed by atoms with Crippen LogP contribution in [-0.4, -0.2) is 26.5 Å². The number of aromatic nitrogens is 4. The van der Waals surface area contributed by atoms with E-state index in [0.717, 1.165) is 21.3 Å². The van der Waals surface area contributed by atoms with E-state index in [2.05, 4.69) is 44.1 Å². The molecule has 0 spiro atoms. The summed E-state index contributed by atoms with van der Waals surface area (Å²) in [5.74, 6) is 0.467. The average Bonchev–Trinajstić information content (AvgIpc) is 3.25. The zero-order valence-electron chi connectivity index (χ0n) is 12.0. The zero-order valence-corrected chi connectivity index (χ0v) is 12.8. The van der Waals surface area contributed by atoms with Gasteiger partial charge in [-0.3, -0.25) is 0 Å². The molecule has 2 aromatic heterocycles. The van der Waals surface area contributed by atoms with Gasteiger partial charge in [0.2, 0.25) is 0 Å². The number of fused-ring (bicyclic) bond motifs is 1. The van der Waals surface area contributed by atoms with Crippen LogP contribution >= 0.6 is 11.3 Å². The summed E-state index contributed by atoms with van der Waals surface area (Å²) < 4.78 is 0. The minimum absolute atomic E-state index is 0.467. The van der Waals surface area contributed by atoms with E-state index < -0.39 is 0 Å². The number of hydrogen-bond donors (Lipinski definition) is 1. The molecule has 2 heterocycles. The molecule has 0 bridgehead atoms. The largest absolute Gasteiger partial charge is 0.321 e. The van der Waals surface area contributed by atoms with Crippen molar-refractivity contribution in [2.75, 3.05) is 5.32 Å². The molecule has 23 heavy (non-hydrogen) atoms. The molecule has 0 aliphatic carbocycles. The van der Waals surface area contributed by atoms with Crippen molar-refractivity contribution in [3.8, 4) is 0 Å². The Morgan fingerprint density at radius 3 is 2.87 bits per heavy atom. The fourth-order valence-electron chi connectivity index (χ4n) is 2.27. The maximum absolute atomic E-state index is 4.29. The summed E-state index contributed by atoms with van der Waals surface area (Å²) in [6.07, 6.45) is 1.73. The molecule has 2 aromatic carbocycles. The van der Waals surface area contributed by atoms with Crippen LogP contribution in [0.3, 0.4) is 0 Å². The average molecular weight is 320 g/mol. The Hall–Kier alpha value is -3.06. The third kappa shape index (κ3) is 2.82. The van der Waals surface area contributed by atoms with Crippen LogP contribution in [0.2, 0.25) is 0 Å². The van der Waals surface area contributed by atoms with Crippen molar-refractivity contribution in [3.63, 3.8) is 0 Å². The maximum atomic E-state index is 4.29. The van der Waals surface area contributed by atoms with Gasteiger partial charge in [0, 0.05) is 16.0 Å². The van der Waals surface area contributed by atoms with Gasteiger partial charge in [0.25, 0.3) is 5.95 Å². The van der Waals surface area contributed by atoms with E-state index in [1.165, 1.54) is 4.79 Å². The SMILES string of the molecule is C(=Nn1nnnc1Nc1cccc2ccccc12)c1cccs1. The highest BCUT2D eigenvalue weighted by molar-refractivity contribution is 7.11. The summed E-state index contributed by atoms with van der Waals surface area (Å²) >= 11 is 1.60. The third-order valence-electron chi connectivity index (χ3n) is 3.33. The summed E-state index contributed by atoms with van der Waals surface area (Å²) in [5.41, 5.74) is 0.936. The number of nitrogens with zero attached hydrogens (tertiary/aromatic N) is 5. The van der Waals surface area contributed by atoms with Crippen LogP contribution in [0, 0.1) is 0 Å². The highest BCUT2D eigenvalue weighted by Crippen LogP contribution is 2.25. The Bertz CT molecular complexity index is 952. The first-order valence-corrected chi connectivity index (χ1v) is 7.89. The van der Waals surface area contributed by atoms with Crippen molar-refractivity contribution >= 4 is 40.0 Å². The predicted molar refractivity (Wildman–Crippen MR) is 92.4 cm³/mol. The number of tetrazole rings is 1. The Kier molecular flexibility index (Phi) is 3.53. The van der Waals surface area contributed by atoms with Crippen LogP contribution in [0.15, 0.2) is 65.1 Å². The van der Waals surface area contributed by atoms with Gasteiger partial charge in [-0.15, -0.1) is 11.3 Å². The molecule has 6 nitrogen and oxygen atoms in total. The van der Waals surface area contributed by atoms with Crippen molar-refractivity contribution in [2.45, 2.75) is 0 Å². The first kappa shape index (κ1) is 13.6. The second-order valence-corrected chi connectivity index (χ2v) is 5.78. The molecule has 4 rings (SSSR count). The molecule has 112 valence electrons. The molecule has 0 aliphatic rings. The predicted octanol–water partition coefficient (Wildman–Crippen LogP) is 3.51. The van der Waals surface area contributed by atoms with E-state index in [1.807, 2.05) is 41.8 Å². The lowest BCUT2D eigenvalue weighted by atomic mass is 10.1. The molecular weight excluding hydrogens is 308 g/mol. The number of nitrogens with one attached hydrogen (secondary N) is 1. The molecule has 4 aromatic rings. The van der Waals surface area contributed by atoms with Crippen LogP contribution in [0.25, 0.3) is 10.8 Å². The molecule has 0 aliphatic heterocycles. The van der Waals surface area contributed by atoms with Gasteiger partial charge >= 0.3 is 0 Å². The molecular formula is C16H12N6S. The minimum Gasteiger partial charge on any atom is -0.321 e. The Balaban J connectivity index is 1.66. The summed E-state index contributed by atoms with van der Waals surface area (Å²) in [6.45, 7) is 0. The number of rotatable bonds is 4. The molecule has 0 saturated heterocycles. The van der Waals surface area contributed by atoms with Crippen LogP contribution in [0.5, 0.6) is 0 Å². The smallest absolute Gasteiger partial charge is 0.269 e. The van der Waals surface area contributed by atoms with Gasteiger partial charge in [0.1, 0.15) is 0 Å². The lowest BCUT2D eigenvalue weighted by molar-refractivity contribution is 0.699. The molecule has 0 fully saturated rings. The first-order chi connectivity index (χ1) is 11.4. The van der Waals surface area contributed by atoms with Crippen LogP contribution in [-0.2, 0) is 0 Å². The van der Waals surface area contributed by atoms with E-state index in [4.69, 9.17) is 0 Å². The van der Waals surface area contributed by atoms with E-state index in [0.29, 0.717) is 5.95 Å². The molecule has 1 N–H and O–H groups in total. The summed E-state index contributed by atoms with van der Waals surface area (Å²) in [4.78, 5) is 2.42. The fourth-order valence-corrected chi connectivity index (χ4v) is 2.85. The monoisotopic (exact) mass is 320 g/mol. The molecule has 0 amide bonds. The van der Waals surface area contributed by atoms with Crippen molar-refractivity contribution < 1.29 is 0 Å². The van der Waals surface area contributed by atoms with E-state index in [9.17, 15) is 0 Å². The van der Waals surface area contributed by atoms with Crippen LogP contribution in [0.4, 0.5) is 11.6 Å². The van der Waals surface area contributed by atoms with Crippen molar-refractivity contribution in [3.05, 3.63) is 64.9 Å². The second-order valence-electron chi connectivity index (χ2n) is 4.80. The normalized spacial score (nSPS) is 11.3. The second kappa shape index (κ2) is 5.98. The number of hydrogen-bond acceptors (Lipinski definition) is 6. The van der Waals surface area contributed by atoms with Gasteiger partial charge in [-0.1, -0.05) is 52.4 Å². The highest BCUT2D eigenvalue weighted by Gasteiger charge is 2.07. The van der Waals surface area contributed by atoms with E-state index in [1.54, 1.807) is 17.6 Å². The van der Waals surface area contributed by atoms with Gasteiger partial charge in [-0.2, -0.15) is 5.10 Å². The summed E-state index contributed by atoms with van der Waals surface area (Å²) in [5, 5.41) is 23.4. The molecule has 0 atom stereocenters. The first-order valence-electron chi connectivity index (χ1n) is 7.01. The minimum atomic E-state index is 0.467. The molecule has 7 heteroatoms. The number of benzene rings is 2. The zero-order chi connectivity index (χ0) is 15.5. The summed E-state index contributed by atoms with van der Waals surface area (Å²) in [7, 11) is 0. The van der Waals surface area contributed by atoms with Crippen molar-refractivity contribution in [2.24, 2.45) is 5.10 Å². The van der Waals surface area contributed by atoms with Crippen molar-refractivity contribution in [1.29, 1.82) is 0 Å². The van der Waals surface area contributed by atoms with Crippen LogP contribution < -0.4 is 5.32 Å². The molecule has 0 radical (unpaired) electrons. The fraction of sp³-hybridized carbons (Fsp3) is 0. The quantitative estimate of drug-likeness (QED) is 0.584. The molecule has 0 saturated carbocycles. The lowest BCUT2D eigenvalue weighted by Gasteiger charge is -2.07. The number of thiophene rings is 1. The topological polar surface area (TPSA) is 68.0 Å². The standard InChI is InChI=1S/C16H12N6S/c1-2-8-14-12(5-1)6-3-9-15(14)18-16-19-20-21-22(16)17-11-13-7-4-10-23-13/h1-11H,(H,18,19,21). The Morgan fingerprint density at radius 1 is 1.04 bits per heavy atom. The maximum Gasteiger partial charge on any atom is 0.269 e. The Labute approximate surface area is 136 Å². The van der Waals surface area contributed by atoms with Gasteiger partial charge in [0.15, 0.2) is 0 Å². The van der Waals surface area contributed by atoms with E-state index >= 15 is 0 Å². The van der Waals surface area contributed by atoms with Gasteiger partial charge < -0.3 is 5.32 Å². The van der Waals surface area contributed by atoms with E-state index in [-0.39, 0.29) is 0 Å². The van der Waals surface area contributed by atoms with Crippen LogP contribution in [0.1, 0.15) is 4.88 Å². The third-order valence-corrected chi connectivity index (χ3v) is 4.13. The number of anilines is 2. The Morgan fingerprint density at radius 2 is 1.96 bits per heavy atom. The summed E-state index contributed by atoms with van der Waals surface area (Å²) in [6, 6.07) is 18.2. The molecule has 0 unspecified atom stereocenters. The van der Waals surface area contributed by atoms with Gasteiger partial charge in [-0.05, 0) is 33.3 Å².